The highest BCUT2D eigenvalue weighted by molar-refractivity contribution is 9.10. The predicted octanol–water partition coefficient (Wildman–Crippen LogP) is 3.99. The summed E-state index contributed by atoms with van der Waals surface area (Å²) in [7, 11) is 1.59. The van der Waals surface area contributed by atoms with Crippen molar-refractivity contribution in [1.29, 1.82) is 0 Å². The third-order valence-electron chi connectivity index (χ3n) is 2.49. The van der Waals surface area contributed by atoms with Crippen molar-refractivity contribution in [2.45, 2.75) is 13.8 Å². The van der Waals surface area contributed by atoms with Gasteiger partial charge < -0.3 is 14.2 Å². The molecule has 0 amide bonds. The van der Waals surface area contributed by atoms with E-state index in [0.717, 1.165) is 10.0 Å². The second-order valence-electron chi connectivity index (χ2n) is 3.90. The lowest BCUT2D eigenvalue weighted by Gasteiger charge is -2.13. The highest BCUT2D eigenvalue weighted by Gasteiger charge is 2.12. The predicted molar refractivity (Wildman–Crippen MR) is 86.7 cm³/mol. The van der Waals surface area contributed by atoms with Gasteiger partial charge in [-0.3, -0.25) is 0 Å². The van der Waals surface area contributed by atoms with Gasteiger partial charge in [0.25, 0.3) is 0 Å². The first kappa shape index (κ1) is 17.3. The van der Waals surface area contributed by atoms with Crippen LogP contribution in [0.1, 0.15) is 19.4 Å². The summed E-state index contributed by atoms with van der Waals surface area (Å²) in [5, 5.41) is 0. The van der Waals surface area contributed by atoms with Crippen molar-refractivity contribution in [3.63, 3.8) is 0 Å². The van der Waals surface area contributed by atoms with E-state index in [9.17, 15) is 4.79 Å². The summed E-state index contributed by atoms with van der Waals surface area (Å²) >= 11 is 3.43. The first-order chi connectivity index (χ1) is 10.1. The Morgan fingerprint density at radius 2 is 1.95 bits per heavy atom. The molecule has 0 fully saturated rings. The van der Waals surface area contributed by atoms with E-state index in [1.807, 2.05) is 25.1 Å². The second-order valence-corrected chi connectivity index (χ2v) is 4.76. The molecule has 1 aromatic carbocycles. The van der Waals surface area contributed by atoms with Crippen LogP contribution in [0.2, 0.25) is 0 Å². The van der Waals surface area contributed by atoms with Crippen LogP contribution in [0, 0.1) is 0 Å². The van der Waals surface area contributed by atoms with Crippen molar-refractivity contribution in [2.24, 2.45) is 0 Å². The fourth-order valence-corrected chi connectivity index (χ4v) is 2.13. The average Bonchev–Trinajstić information content (AvgIpc) is 2.46. The van der Waals surface area contributed by atoms with Crippen LogP contribution < -0.4 is 9.47 Å². The molecule has 21 heavy (non-hydrogen) atoms. The molecule has 0 N–H and O–H groups in total. The molecule has 0 heterocycles. The summed E-state index contributed by atoms with van der Waals surface area (Å²) in [5.74, 6) is 0.948. The largest absolute Gasteiger partial charge is 0.492 e. The Morgan fingerprint density at radius 1 is 1.19 bits per heavy atom. The molecule has 0 aliphatic rings. The molecule has 1 rings (SSSR count). The normalized spacial score (nSPS) is 11.0. The molecule has 114 valence electrons. The molecule has 0 aliphatic heterocycles. The van der Waals surface area contributed by atoms with Crippen molar-refractivity contribution in [2.75, 3.05) is 20.3 Å². The highest BCUT2D eigenvalue weighted by atomic mass is 79.9. The average molecular weight is 355 g/mol. The van der Waals surface area contributed by atoms with Gasteiger partial charge >= 0.3 is 5.97 Å². The maximum Gasteiger partial charge on any atom is 0.330 e. The first-order valence-electron chi connectivity index (χ1n) is 6.64. The number of carbonyl (C=O) groups excluding carboxylic acids is 1. The Morgan fingerprint density at radius 3 is 2.57 bits per heavy atom. The number of carbonyl (C=O) groups is 1. The number of hydrogen-bond acceptors (Lipinski definition) is 4. The maximum absolute atomic E-state index is 11.2. The molecule has 0 spiro atoms. The number of esters is 1. The van der Waals surface area contributed by atoms with Gasteiger partial charge in [-0.05, 0) is 41.9 Å². The van der Waals surface area contributed by atoms with E-state index < -0.39 is 0 Å². The number of hydrogen-bond donors (Lipinski definition) is 0. The van der Waals surface area contributed by atoms with Gasteiger partial charge in [-0.1, -0.05) is 18.2 Å². The van der Waals surface area contributed by atoms with Crippen LogP contribution in [-0.4, -0.2) is 26.3 Å². The topological polar surface area (TPSA) is 44.8 Å². The van der Waals surface area contributed by atoms with Gasteiger partial charge in [0.15, 0.2) is 11.5 Å². The minimum absolute atomic E-state index is 0.361. The SMILES string of the molecule is CCOC(=O)/C=C\C=C\c1ccc(Br)c(OC)c1OCC. The van der Waals surface area contributed by atoms with Gasteiger partial charge in [0, 0.05) is 11.6 Å². The molecular formula is C16H19BrO4. The summed E-state index contributed by atoms with van der Waals surface area (Å²) in [6, 6.07) is 3.79. The third-order valence-corrected chi connectivity index (χ3v) is 3.12. The van der Waals surface area contributed by atoms with Crippen LogP contribution >= 0.6 is 15.9 Å². The lowest BCUT2D eigenvalue weighted by atomic mass is 10.1. The van der Waals surface area contributed by atoms with Crippen molar-refractivity contribution >= 4 is 28.0 Å². The lowest BCUT2D eigenvalue weighted by Crippen LogP contribution is -1.98. The fraction of sp³-hybridized carbons (Fsp3) is 0.312. The Hall–Kier alpha value is -1.75. The molecule has 5 heteroatoms. The van der Waals surface area contributed by atoms with Crippen LogP contribution in [0.4, 0.5) is 0 Å². The minimum Gasteiger partial charge on any atom is -0.492 e. The number of allylic oxidation sites excluding steroid dienone is 2. The van der Waals surface area contributed by atoms with Crippen LogP contribution in [0.5, 0.6) is 11.5 Å². The zero-order valence-corrected chi connectivity index (χ0v) is 14.0. The molecule has 0 saturated carbocycles. The van der Waals surface area contributed by atoms with Crippen LogP contribution in [0.15, 0.2) is 34.8 Å². The maximum atomic E-state index is 11.2. The fourth-order valence-electron chi connectivity index (χ4n) is 1.65. The first-order valence-corrected chi connectivity index (χ1v) is 7.44. The number of methoxy groups -OCH3 is 1. The van der Waals surface area contributed by atoms with E-state index in [0.29, 0.717) is 24.7 Å². The van der Waals surface area contributed by atoms with E-state index in [4.69, 9.17) is 14.2 Å². The molecule has 0 atom stereocenters. The molecular weight excluding hydrogens is 336 g/mol. The van der Waals surface area contributed by atoms with Gasteiger partial charge in [-0.15, -0.1) is 0 Å². The van der Waals surface area contributed by atoms with E-state index in [1.54, 1.807) is 26.2 Å². The molecule has 0 aliphatic carbocycles. The van der Waals surface area contributed by atoms with Gasteiger partial charge in [0.1, 0.15) is 0 Å². The summed E-state index contributed by atoms with van der Waals surface area (Å²) in [4.78, 5) is 11.2. The quantitative estimate of drug-likeness (QED) is 0.422. The summed E-state index contributed by atoms with van der Waals surface area (Å²) in [6.45, 7) is 4.58. The summed E-state index contributed by atoms with van der Waals surface area (Å²) < 4.78 is 16.6. The van der Waals surface area contributed by atoms with E-state index in [1.165, 1.54) is 6.08 Å². The van der Waals surface area contributed by atoms with Gasteiger partial charge in [-0.25, -0.2) is 4.79 Å². The molecule has 0 bridgehead atoms. The van der Waals surface area contributed by atoms with Crippen LogP contribution in [-0.2, 0) is 9.53 Å². The Bertz CT molecular complexity index is 535. The highest BCUT2D eigenvalue weighted by Crippen LogP contribution is 2.38. The Kier molecular flexibility index (Phi) is 7.61. The molecule has 0 aromatic heterocycles. The van der Waals surface area contributed by atoms with Crippen molar-refractivity contribution in [3.05, 3.63) is 40.4 Å². The molecule has 0 radical (unpaired) electrons. The second kappa shape index (κ2) is 9.23. The summed E-state index contributed by atoms with van der Waals surface area (Å²) in [6.07, 6.45) is 6.59. The van der Waals surface area contributed by atoms with E-state index in [2.05, 4.69) is 15.9 Å². The molecule has 0 saturated heterocycles. The van der Waals surface area contributed by atoms with E-state index >= 15 is 0 Å². The van der Waals surface area contributed by atoms with Crippen molar-refractivity contribution in [3.8, 4) is 11.5 Å². The monoisotopic (exact) mass is 354 g/mol. The minimum atomic E-state index is -0.361. The zero-order valence-electron chi connectivity index (χ0n) is 12.4. The molecule has 4 nitrogen and oxygen atoms in total. The van der Waals surface area contributed by atoms with Crippen molar-refractivity contribution in [1.82, 2.24) is 0 Å². The molecule has 0 unspecified atom stereocenters. The third kappa shape index (κ3) is 5.27. The molecule has 1 aromatic rings. The Labute approximate surface area is 133 Å². The number of benzene rings is 1. The smallest absolute Gasteiger partial charge is 0.330 e. The van der Waals surface area contributed by atoms with E-state index in [-0.39, 0.29) is 5.97 Å². The number of rotatable bonds is 7. The van der Waals surface area contributed by atoms with Gasteiger partial charge in [-0.2, -0.15) is 0 Å². The van der Waals surface area contributed by atoms with Crippen LogP contribution in [0.3, 0.4) is 0 Å². The number of ether oxygens (including phenoxy) is 3. The lowest BCUT2D eigenvalue weighted by molar-refractivity contribution is -0.137. The summed E-state index contributed by atoms with van der Waals surface area (Å²) in [5.41, 5.74) is 0.866. The number of halogens is 1. The van der Waals surface area contributed by atoms with Gasteiger partial charge in [0.2, 0.25) is 0 Å². The van der Waals surface area contributed by atoms with Gasteiger partial charge in [0.05, 0.1) is 24.8 Å². The standard InChI is InChI=1S/C16H19BrO4/c1-4-20-14(18)9-7-6-8-12-10-11-13(17)16(19-3)15(12)21-5-2/h6-11H,4-5H2,1-3H3/b8-6+,9-7-. The van der Waals surface area contributed by atoms with Crippen molar-refractivity contribution < 1.29 is 19.0 Å². The van der Waals surface area contributed by atoms with Crippen LogP contribution in [0.25, 0.3) is 6.08 Å². The Balaban J connectivity index is 2.94. The zero-order chi connectivity index (χ0) is 15.7.